The van der Waals surface area contributed by atoms with Gasteiger partial charge in [0.1, 0.15) is 5.02 Å². The molecule has 0 saturated carbocycles. The molecular weight excluding hydrogens is 263 g/mol. The van der Waals surface area contributed by atoms with E-state index >= 15 is 0 Å². The van der Waals surface area contributed by atoms with Crippen molar-refractivity contribution < 1.29 is 0 Å². The average Bonchev–Trinajstić information content (AvgIpc) is 2.58. The van der Waals surface area contributed by atoms with Crippen LogP contribution in [0.2, 0.25) is 10.0 Å². The molecule has 3 N–H and O–H groups in total. The summed E-state index contributed by atoms with van der Waals surface area (Å²) in [6.45, 7) is 3.64. The lowest BCUT2D eigenvalue weighted by molar-refractivity contribution is 0.801. The lowest BCUT2D eigenvalue weighted by Crippen LogP contribution is -2.13. The van der Waals surface area contributed by atoms with Gasteiger partial charge in [0.15, 0.2) is 5.82 Å². The van der Waals surface area contributed by atoms with E-state index in [1.807, 2.05) is 13.8 Å². The van der Waals surface area contributed by atoms with Crippen molar-refractivity contribution in [3.63, 3.8) is 0 Å². The minimum Gasteiger partial charge on any atom is -0.292 e. The summed E-state index contributed by atoms with van der Waals surface area (Å²) < 4.78 is 1.56. The third-order valence-electron chi connectivity index (χ3n) is 2.26. The topological polar surface area (TPSA) is 81.7 Å². The maximum atomic E-state index is 6.06. The Hall–Kier alpha value is -1.37. The molecule has 90 valence electrons. The number of aryl methyl sites for hydroxylation is 1. The number of nitrogens with two attached hydrogens (primary N) is 1. The molecule has 2 aromatic rings. The second-order valence-corrected chi connectivity index (χ2v) is 4.19. The van der Waals surface area contributed by atoms with Crippen molar-refractivity contribution in [3.05, 3.63) is 27.6 Å². The second kappa shape index (κ2) is 4.48. The first-order chi connectivity index (χ1) is 8.04. The average molecular weight is 273 g/mol. The highest BCUT2D eigenvalue weighted by atomic mass is 35.5. The number of rotatable bonds is 2. The summed E-state index contributed by atoms with van der Waals surface area (Å²) in [4.78, 5) is 8.03. The molecule has 0 aliphatic carbocycles. The molecule has 8 heteroatoms. The van der Waals surface area contributed by atoms with Crippen LogP contribution in [-0.2, 0) is 0 Å². The molecule has 0 radical (unpaired) electrons. The Balaban J connectivity index is 2.63. The van der Waals surface area contributed by atoms with Crippen molar-refractivity contribution in [3.8, 4) is 5.82 Å². The van der Waals surface area contributed by atoms with Gasteiger partial charge in [0, 0.05) is 0 Å². The molecule has 0 bridgehead atoms. The van der Waals surface area contributed by atoms with E-state index in [2.05, 4.69) is 20.5 Å². The van der Waals surface area contributed by atoms with E-state index in [4.69, 9.17) is 29.0 Å². The highest BCUT2D eigenvalue weighted by Crippen LogP contribution is 2.25. The van der Waals surface area contributed by atoms with Gasteiger partial charge in [0.05, 0.1) is 22.6 Å². The van der Waals surface area contributed by atoms with Gasteiger partial charge in [-0.3, -0.25) is 5.43 Å². The summed E-state index contributed by atoms with van der Waals surface area (Å²) in [5.74, 6) is 5.94. The van der Waals surface area contributed by atoms with Crippen molar-refractivity contribution in [2.24, 2.45) is 5.84 Å². The van der Waals surface area contributed by atoms with Crippen LogP contribution in [0.3, 0.4) is 0 Å². The van der Waals surface area contributed by atoms with Gasteiger partial charge in [0.25, 0.3) is 0 Å². The number of hydrogen-bond acceptors (Lipinski definition) is 5. The highest BCUT2D eigenvalue weighted by molar-refractivity contribution is 6.32. The Kier molecular flexibility index (Phi) is 3.19. The van der Waals surface area contributed by atoms with E-state index < -0.39 is 0 Å². The smallest absolute Gasteiger partial charge is 0.239 e. The molecule has 0 aromatic carbocycles. The van der Waals surface area contributed by atoms with Crippen molar-refractivity contribution in [2.45, 2.75) is 13.8 Å². The minimum atomic E-state index is 0.257. The van der Waals surface area contributed by atoms with Gasteiger partial charge in [-0.05, 0) is 13.8 Å². The first-order valence-electron chi connectivity index (χ1n) is 4.76. The molecule has 2 heterocycles. The third-order valence-corrected chi connectivity index (χ3v) is 3.07. The Morgan fingerprint density at radius 1 is 1.35 bits per heavy atom. The van der Waals surface area contributed by atoms with Crippen LogP contribution in [-0.4, -0.2) is 19.7 Å². The molecule has 0 aliphatic heterocycles. The van der Waals surface area contributed by atoms with Crippen LogP contribution in [0.25, 0.3) is 5.82 Å². The Morgan fingerprint density at radius 3 is 2.59 bits per heavy atom. The Bertz CT molecular complexity index is 565. The number of nitrogens with zero attached hydrogens (tertiary/aromatic N) is 4. The van der Waals surface area contributed by atoms with Gasteiger partial charge in [-0.1, -0.05) is 23.2 Å². The second-order valence-electron chi connectivity index (χ2n) is 3.41. The molecule has 0 aliphatic rings. The van der Waals surface area contributed by atoms with Crippen LogP contribution in [0.1, 0.15) is 11.4 Å². The molecule has 0 unspecified atom stereocenters. The molecule has 0 amide bonds. The standard InChI is InChI=1S/C9H10Cl2N6/c1-4-7(11)5(2)17(16-4)8-6(10)3-13-9(14-8)15-12/h3H,12H2,1-2H3,(H,13,14,15). The van der Waals surface area contributed by atoms with Crippen LogP contribution < -0.4 is 11.3 Å². The van der Waals surface area contributed by atoms with E-state index in [0.29, 0.717) is 21.6 Å². The quantitative estimate of drug-likeness (QED) is 0.644. The summed E-state index contributed by atoms with van der Waals surface area (Å²) in [5, 5.41) is 5.21. The van der Waals surface area contributed by atoms with Crippen LogP contribution in [0.4, 0.5) is 5.95 Å². The van der Waals surface area contributed by atoms with Gasteiger partial charge < -0.3 is 0 Å². The summed E-state index contributed by atoms with van der Waals surface area (Å²) >= 11 is 12.1. The molecule has 6 nitrogen and oxygen atoms in total. The van der Waals surface area contributed by atoms with Gasteiger partial charge in [-0.25, -0.2) is 15.5 Å². The minimum absolute atomic E-state index is 0.257. The van der Waals surface area contributed by atoms with Crippen LogP contribution >= 0.6 is 23.2 Å². The van der Waals surface area contributed by atoms with E-state index in [0.717, 1.165) is 5.69 Å². The normalized spacial score (nSPS) is 10.6. The zero-order valence-corrected chi connectivity index (χ0v) is 10.7. The summed E-state index contributed by atoms with van der Waals surface area (Å²) in [7, 11) is 0. The van der Waals surface area contributed by atoms with Crippen molar-refractivity contribution in [2.75, 3.05) is 5.43 Å². The SMILES string of the molecule is Cc1nn(-c2nc(NN)ncc2Cl)c(C)c1Cl. The number of aromatic nitrogens is 4. The number of hydrazine groups is 1. The van der Waals surface area contributed by atoms with Crippen LogP contribution in [0, 0.1) is 13.8 Å². The zero-order chi connectivity index (χ0) is 12.6. The number of nitrogen functional groups attached to an aromatic ring is 1. The van der Waals surface area contributed by atoms with Crippen LogP contribution in [0.15, 0.2) is 6.20 Å². The summed E-state index contributed by atoms with van der Waals surface area (Å²) in [6, 6.07) is 0. The summed E-state index contributed by atoms with van der Waals surface area (Å²) in [6.07, 6.45) is 1.45. The molecule has 17 heavy (non-hydrogen) atoms. The lowest BCUT2D eigenvalue weighted by atomic mass is 10.4. The Morgan fingerprint density at radius 2 is 2.06 bits per heavy atom. The van der Waals surface area contributed by atoms with E-state index in [9.17, 15) is 0 Å². The Labute approximate surface area is 108 Å². The maximum absolute atomic E-state index is 6.06. The predicted molar refractivity (Wildman–Crippen MR) is 66.5 cm³/mol. The van der Waals surface area contributed by atoms with Gasteiger partial charge in [-0.2, -0.15) is 10.1 Å². The maximum Gasteiger partial charge on any atom is 0.239 e. The van der Waals surface area contributed by atoms with Crippen molar-refractivity contribution in [1.82, 2.24) is 19.7 Å². The van der Waals surface area contributed by atoms with E-state index in [1.54, 1.807) is 4.68 Å². The van der Waals surface area contributed by atoms with E-state index in [1.165, 1.54) is 6.20 Å². The zero-order valence-electron chi connectivity index (χ0n) is 9.20. The number of hydrogen-bond donors (Lipinski definition) is 2. The van der Waals surface area contributed by atoms with Crippen LogP contribution in [0.5, 0.6) is 0 Å². The molecule has 2 rings (SSSR count). The fourth-order valence-corrected chi connectivity index (χ4v) is 1.70. The molecule has 0 spiro atoms. The first-order valence-corrected chi connectivity index (χ1v) is 5.51. The van der Waals surface area contributed by atoms with Gasteiger partial charge >= 0.3 is 0 Å². The van der Waals surface area contributed by atoms with Gasteiger partial charge in [0.2, 0.25) is 5.95 Å². The fraction of sp³-hybridized carbons (Fsp3) is 0.222. The molecular formula is C9H10Cl2N6. The largest absolute Gasteiger partial charge is 0.292 e. The van der Waals surface area contributed by atoms with Gasteiger partial charge in [-0.15, -0.1) is 0 Å². The summed E-state index contributed by atoms with van der Waals surface area (Å²) in [5.41, 5.74) is 3.82. The predicted octanol–water partition coefficient (Wildman–Crippen LogP) is 1.87. The van der Waals surface area contributed by atoms with E-state index in [-0.39, 0.29) is 5.95 Å². The lowest BCUT2D eigenvalue weighted by Gasteiger charge is -2.06. The monoisotopic (exact) mass is 272 g/mol. The molecule has 0 fully saturated rings. The van der Waals surface area contributed by atoms with Crippen molar-refractivity contribution >= 4 is 29.2 Å². The third kappa shape index (κ3) is 2.06. The first kappa shape index (κ1) is 12.1. The molecule has 0 atom stereocenters. The molecule has 0 saturated heterocycles. The fourth-order valence-electron chi connectivity index (χ4n) is 1.41. The highest BCUT2D eigenvalue weighted by Gasteiger charge is 2.15. The molecule has 2 aromatic heterocycles. The number of halogens is 2. The van der Waals surface area contributed by atoms with Crippen molar-refractivity contribution in [1.29, 1.82) is 0 Å². The number of nitrogens with one attached hydrogen (secondary N) is 1. The number of anilines is 1.